The Morgan fingerprint density at radius 1 is 1.30 bits per heavy atom. The first-order valence-electron chi connectivity index (χ1n) is 2.64. The molecule has 0 saturated heterocycles. The maximum atomic E-state index is 12.2. The fraction of sp³-hybridized carbons (Fsp3) is 0. The highest BCUT2D eigenvalue weighted by Crippen LogP contribution is 2.02. The molecule has 0 bridgehead atoms. The van der Waals surface area contributed by atoms with Crippen molar-refractivity contribution in [1.82, 2.24) is 0 Å². The Morgan fingerprint density at radius 3 is 2.20 bits per heavy atom. The van der Waals surface area contributed by atoms with Crippen LogP contribution in [-0.4, -0.2) is 4.21 Å². The van der Waals surface area contributed by atoms with E-state index in [0.717, 1.165) is 0 Å². The summed E-state index contributed by atoms with van der Waals surface area (Å²) in [6.45, 7) is 0. The Balaban J connectivity index is 3.12. The van der Waals surface area contributed by atoms with Gasteiger partial charge in [0.15, 0.2) is 0 Å². The van der Waals surface area contributed by atoms with Crippen molar-refractivity contribution in [3.63, 3.8) is 0 Å². The van der Waals surface area contributed by atoms with Crippen molar-refractivity contribution >= 4 is 10.6 Å². The van der Waals surface area contributed by atoms with Crippen LogP contribution in [0.3, 0.4) is 0 Å². The molecule has 0 radical (unpaired) electrons. The second kappa shape index (κ2) is 2.79. The van der Waals surface area contributed by atoms with Gasteiger partial charge in [0.2, 0.25) is 0 Å². The summed E-state index contributed by atoms with van der Waals surface area (Å²) in [7, 11) is -2.07. The van der Waals surface area contributed by atoms with Crippen molar-refractivity contribution in [3.8, 4) is 0 Å². The summed E-state index contributed by atoms with van der Waals surface area (Å²) < 4.78 is 29.4. The molecule has 1 atom stereocenters. The van der Waals surface area contributed by atoms with Crippen molar-refractivity contribution in [3.05, 3.63) is 30.1 Å². The summed E-state index contributed by atoms with van der Waals surface area (Å²) in [5, 5.41) is 0. The number of hydrogen-bond donors (Lipinski definition) is 2. The van der Waals surface area contributed by atoms with E-state index >= 15 is 0 Å². The molecule has 10 heavy (non-hydrogen) atoms. The van der Waals surface area contributed by atoms with Gasteiger partial charge < -0.3 is 0 Å². The molecule has 0 aliphatic heterocycles. The maximum absolute atomic E-state index is 12.2. The van der Waals surface area contributed by atoms with E-state index in [4.69, 9.17) is 4.78 Å². The maximum Gasteiger partial charge on any atom is 0.123 e. The highest BCUT2D eigenvalue weighted by molar-refractivity contribution is 7.73. The first-order valence-corrected chi connectivity index (χ1v) is 3.90. The van der Waals surface area contributed by atoms with E-state index in [1.54, 1.807) is 0 Å². The van der Waals surface area contributed by atoms with E-state index < -0.39 is 10.6 Å². The van der Waals surface area contributed by atoms with E-state index in [9.17, 15) is 8.60 Å². The van der Waals surface area contributed by atoms with Gasteiger partial charge in [-0.15, -0.1) is 0 Å². The molecule has 0 aliphatic rings. The fourth-order valence-electron chi connectivity index (χ4n) is 0.576. The van der Waals surface area contributed by atoms with Crippen LogP contribution in [0.15, 0.2) is 29.2 Å². The van der Waals surface area contributed by atoms with Crippen molar-refractivity contribution in [2.24, 2.45) is 0 Å². The molecule has 1 unspecified atom stereocenters. The lowest BCUT2D eigenvalue weighted by Gasteiger charge is -1.89. The molecule has 1 aromatic rings. The third-order valence-corrected chi connectivity index (χ3v) is 1.83. The fourth-order valence-corrected chi connectivity index (χ4v) is 0.996. The third kappa shape index (κ3) is 1.54. The lowest BCUT2D eigenvalue weighted by atomic mass is 10.4. The highest BCUT2D eigenvalue weighted by atomic mass is 32.2. The minimum Gasteiger partial charge on any atom is -0.251 e. The Morgan fingerprint density at radius 2 is 1.80 bits per heavy atom. The molecule has 1 N–H and O–H groups in total. The average molecular weight is 159 g/mol. The van der Waals surface area contributed by atoms with E-state index in [1.807, 2.05) is 0 Å². The topological polar surface area (TPSA) is 40.9 Å². The summed E-state index contributed by atoms with van der Waals surface area (Å²) in [5.74, 6) is -0.374. The molecule has 0 aliphatic carbocycles. The normalized spacial score (nSPS) is 12.9. The predicted molar refractivity (Wildman–Crippen MR) is 36.9 cm³/mol. The zero-order chi connectivity index (χ0) is 7.56. The minimum absolute atomic E-state index is 0.358. The highest BCUT2D eigenvalue weighted by Gasteiger charge is 1.90. The zero-order valence-electron chi connectivity index (χ0n) is 5.04. The van der Waals surface area contributed by atoms with Crippen LogP contribution in [0.4, 0.5) is 4.39 Å². The number of benzene rings is 1. The van der Waals surface area contributed by atoms with Crippen LogP contribution in [0.2, 0.25) is 0 Å². The van der Waals surface area contributed by atoms with Crippen LogP contribution in [0.5, 0.6) is 0 Å². The van der Waals surface area contributed by atoms with Gasteiger partial charge in [0, 0.05) is 4.90 Å². The number of thiol groups is 1. The Bertz CT molecular complexity index is 283. The van der Waals surface area contributed by atoms with Crippen molar-refractivity contribution in [2.75, 3.05) is 0 Å². The van der Waals surface area contributed by atoms with Gasteiger partial charge in [0.05, 0.1) is 10.6 Å². The number of rotatable bonds is 1. The number of hydrogen-bond acceptors (Lipinski definition) is 2. The van der Waals surface area contributed by atoms with Gasteiger partial charge in [0.1, 0.15) is 5.82 Å². The SMILES string of the molecule is N=[SH](=O)c1ccc(F)cc1. The van der Waals surface area contributed by atoms with Crippen LogP contribution < -0.4 is 0 Å². The molecule has 0 aromatic heterocycles. The van der Waals surface area contributed by atoms with Gasteiger partial charge in [-0.1, -0.05) is 0 Å². The standard InChI is InChI=1S/C6H6FNOS/c7-5-1-3-6(4-2-5)10(8)9/h1-4,8,10H. The smallest absolute Gasteiger partial charge is 0.123 e. The van der Waals surface area contributed by atoms with Gasteiger partial charge in [-0.05, 0) is 24.3 Å². The molecule has 54 valence electrons. The van der Waals surface area contributed by atoms with Gasteiger partial charge in [-0.2, -0.15) is 0 Å². The lowest BCUT2D eigenvalue weighted by Crippen LogP contribution is -1.77. The average Bonchev–Trinajstić information content (AvgIpc) is 1.88. The summed E-state index contributed by atoms with van der Waals surface area (Å²) in [4.78, 5) is 0.358. The van der Waals surface area contributed by atoms with Gasteiger partial charge in [-0.3, -0.25) is 4.78 Å². The molecule has 0 amide bonds. The molecule has 1 aromatic carbocycles. The summed E-state index contributed by atoms with van der Waals surface area (Å²) in [6, 6.07) is 5.08. The summed E-state index contributed by atoms with van der Waals surface area (Å²) in [5.41, 5.74) is 0. The van der Waals surface area contributed by atoms with E-state index in [0.29, 0.717) is 4.90 Å². The molecule has 2 nitrogen and oxygen atoms in total. The minimum atomic E-state index is -2.07. The van der Waals surface area contributed by atoms with E-state index in [-0.39, 0.29) is 5.82 Å². The largest absolute Gasteiger partial charge is 0.251 e. The zero-order valence-corrected chi connectivity index (χ0v) is 5.94. The Labute approximate surface area is 59.7 Å². The second-order valence-corrected chi connectivity index (χ2v) is 2.88. The molecule has 0 heterocycles. The molecule has 0 saturated carbocycles. The van der Waals surface area contributed by atoms with Crippen molar-refractivity contribution in [2.45, 2.75) is 4.90 Å². The monoisotopic (exact) mass is 159 g/mol. The van der Waals surface area contributed by atoms with Crippen molar-refractivity contribution < 1.29 is 8.60 Å². The number of halogens is 1. The molecular weight excluding hydrogens is 153 g/mol. The number of nitrogens with one attached hydrogen (secondary N) is 1. The van der Waals surface area contributed by atoms with Crippen molar-refractivity contribution in [1.29, 1.82) is 4.78 Å². The van der Waals surface area contributed by atoms with Gasteiger partial charge >= 0.3 is 0 Å². The first-order chi connectivity index (χ1) is 4.70. The molecule has 0 spiro atoms. The summed E-state index contributed by atoms with van der Waals surface area (Å²) >= 11 is 0. The summed E-state index contributed by atoms with van der Waals surface area (Å²) in [6.07, 6.45) is 0. The van der Waals surface area contributed by atoms with Gasteiger partial charge in [0.25, 0.3) is 0 Å². The van der Waals surface area contributed by atoms with Crippen LogP contribution >= 0.6 is 0 Å². The Kier molecular flexibility index (Phi) is 2.01. The lowest BCUT2D eigenvalue weighted by molar-refractivity contribution is 0.626. The van der Waals surface area contributed by atoms with Crippen LogP contribution in [0.1, 0.15) is 0 Å². The van der Waals surface area contributed by atoms with E-state index in [1.165, 1.54) is 24.3 Å². The predicted octanol–water partition coefficient (Wildman–Crippen LogP) is 1.43. The first kappa shape index (κ1) is 7.21. The molecular formula is C6H6FNOS. The second-order valence-electron chi connectivity index (χ2n) is 1.77. The van der Waals surface area contributed by atoms with Crippen LogP contribution in [0, 0.1) is 10.6 Å². The quantitative estimate of drug-likeness (QED) is 0.598. The van der Waals surface area contributed by atoms with Gasteiger partial charge in [-0.25, -0.2) is 8.60 Å². The Hall–Kier alpha value is -0.900. The van der Waals surface area contributed by atoms with E-state index in [2.05, 4.69) is 0 Å². The molecule has 0 fully saturated rings. The molecule has 1 rings (SSSR count). The van der Waals surface area contributed by atoms with Crippen LogP contribution in [0.25, 0.3) is 0 Å². The third-order valence-electron chi connectivity index (χ3n) is 1.06. The molecule has 4 heteroatoms. The van der Waals surface area contributed by atoms with Crippen LogP contribution in [-0.2, 0) is 10.6 Å².